The summed E-state index contributed by atoms with van der Waals surface area (Å²) in [6.45, 7) is 11.2. The maximum absolute atomic E-state index is 12.3. The third-order valence-corrected chi connectivity index (χ3v) is 6.15. The van der Waals surface area contributed by atoms with Crippen molar-refractivity contribution in [2.24, 2.45) is 10.9 Å². The molecule has 0 spiro atoms. The van der Waals surface area contributed by atoms with E-state index in [0.29, 0.717) is 6.54 Å². The van der Waals surface area contributed by atoms with Crippen LogP contribution in [0.2, 0.25) is 5.02 Å². The van der Waals surface area contributed by atoms with Crippen LogP contribution in [0.25, 0.3) is 0 Å². The number of carbonyl (C=O) groups is 1. The van der Waals surface area contributed by atoms with Gasteiger partial charge in [0.1, 0.15) is 0 Å². The van der Waals surface area contributed by atoms with Crippen molar-refractivity contribution in [1.82, 2.24) is 20.4 Å². The molecule has 2 unspecified atom stereocenters. The smallest absolute Gasteiger partial charge is 0.225 e. The fraction of sp³-hybridized carbons (Fsp3) is 0.652. The molecular weight excluding hydrogens is 398 g/mol. The van der Waals surface area contributed by atoms with E-state index in [1.165, 1.54) is 18.4 Å². The molecule has 2 atom stereocenters. The molecule has 166 valence electrons. The Balaban J connectivity index is 1.68. The monoisotopic (exact) mass is 433 g/mol. The maximum atomic E-state index is 12.3. The molecule has 0 bridgehead atoms. The van der Waals surface area contributed by atoms with Gasteiger partial charge >= 0.3 is 0 Å². The standard InChI is InChI=1S/C23H36ClN5O/c1-4-25-23(27-20-10-13-29(16-20)22(30)17(2)3)26-15-21(28-11-5-6-12-28)18-8-7-9-19(24)14-18/h7-9,14,17,20-21H,4-6,10-13,15-16H2,1-3H3,(H2,25,26,27). The lowest BCUT2D eigenvalue weighted by molar-refractivity contribution is -0.133. The van der Waals surface area contributed by atoms with Gasteiger partial charge in [-0.2, -0.15) is 0 Å². The molecule has 30 heavy (non-hydrogen) atoms. The first kappa shape index (κ1) is 22.9. The lowest BCUT2D eigenvalue weighted by atomic mass is 10.1. The van der Waals surface area contributed by atoms with Crippen LogP contribution < -0.4 is 10.6 Å². The minimum absolute atomic E-state index is 0.0459. The molecule has 2 heterocycles. The quantitative estimate of drug-likeness (QED) is 0.511. The lowest BCUT2D eigenvalue weighted by Crippen LogP contribution is -2.45. The zero-order valence-electron chi connectivity index (χ0n) is 18.5. The Bertz CT molecular complexity index is 732. The van der Waals surface area contributed by atoms with Gasteiger partial charge in [0.2, 0.25) is 5.91 Å². The van der Waals surface area contributed by atoms with Gasteiger partial charge in [0, 0.05) is 36.6 Å². The number of halogens is 1. The van der Waals surface area contributed by atoms with Gasteiger partial charge in [0.05, 0.1) is 12.6 Å². The van der Waals surface area contributed by atoms with Crippen LogP contribution in [0.1, 0.15) is 51.6 Å². The fourth-order valence-corrected chi connectivity index (χ4v) is 4.53. The van der Waals surface area contributed by atoms with Crippen LogP contribution in [-0.2, 0) is 4.79 Å². The zero-order chi connectivity index (χ0) is 21.5. The second kappa shape index (κ2) is 11.0. The number of likely N-dealkylation sites (tertiary alicyclic amines) is 2. The Labute approximate surface area is 186 Å². The zero-order valence-corrected chi connectivity index (χ0v) is 19.3. The van der Waals surface area contributed by atoms with E-state index in [-0.39, 0.29) is 23.9 Å². The number of rotatable bonds is 7. The first-order chi connectivity index (χ1) is 14.5. The van der Waals surface area contributed by atoms with Crippen LogP contribution >= 0.6 is 11.6 Å². The van der Waals surface area contributed by atoms with Gasteiger partial charge in [-0.1, -0.05) is 37.6 Å². The van der Waals surface area contributed by atoms with Crippen molar-refractivity contribution >= 4 is 23.5 Å². The molecule has 0 saturated carbocycles. The number of hydrogen-bond donors (Lipinski definition) is 2. The maximum Gasteiger partial charge on any atom is 0.225 e. The average molecular weight is 434 g/mol. The summed E-state index contributed by atoms with van der Waals surface area (Å²) in [6, 6.07) is 8.62. The van der Waals surface area contributed by atoms with Crippen LogP contribution in [0.15, 0.2) is 29.3 Å². The highest BCUT2D eigenvalue weighted by Gasteiger charge is 2.28. The SMILES string of the molecule is CCNC(=NCC(c1cccc(Cl)c1)N1CCCC1)NC1CCN(C(=O)C(C)C)C1. The summed E-state index contributed by atoms with van der Waals surface area (Å²) in [7, 11) is 0. The summed E-state index contributed by atoms with van der Waals surface area (Å²) in [4.78, 5) is 21.7. The van der Waals surface area contributed by atoms with Gasteiger partial charge in [0.15, 0.2) is 5.96 Å². The summed E-state index contributed by atoms with van der Waals surface area (Å²) in [5.74, 6) is 1.11. The second-order valence-electron chi connectivity index (χ2n) is 8.60. The molecule has 1 amide bonds. The lowest BCUT2D eigenvalue weighted by Gasteiger charge is -2.27. The van der Waals surface area contributed by atoms with Crippen molar-refractivity contribution in [1.29, 1.82) is 0 Å². The Morgan fingerprint density at radius 2 is 2.03 bits per heavy atom. The third kappa shape index (κ3) is 6.11. The topological polar surface area (TPSA) is 60.0 Å². The Morgan fingerprint density at radius 3 is 2.70 bits per heavy atom. The number of guanidine groups is 1. The summed E-state index contributed by atoms with van der Waals surface area (Å²) >= 11 is 6.27. The van der Waals surface area contributed by atoms with Gasteiger partial charge in [0.25, 0.3) is 0 Å². The van der Waals surface area contributed by atoms with Crippen LogP contribution in [0.4, 0.5) is 0 Å². The molecule has 0 aliphatic carbocycles. The van der Waals surface area contributed by atoms with Crippen molar-refractivity contribution in [3.05, 3.63) is 34.9 Å². The van der Waals surface area contributed by atoms with E-state index in [2.05, 4.69) is 34.6 Å². The van der Waals surface area contributed by atoms with Crippen molar-refractivity contribution < 1.29 is 4.79 Å². The van der Waals surface area contributed by atoms with Crippen LogP contribution in [0.5, 0.6) is 0 Å². The van der Waals surface area contributed by atoms with E-state index in [1.807, 2.05) is 30.9 Å². The number of amides is 1. The summed E-state index contributed by atoms with van der Waals surface area (Å²) < 4.78 is 0. The number of nitrogens with zero attached hydrogens (tertiary/aromatic N) is 3. The predicted octanol–water partition coefficient (Wildman–Crippen LogP) is 3.29. The molecule has 1 aromatic carbocycles. The highest BCUT2D eigenvalue weighted by molar-refractivity contribution is 6.30. The predicted molar refractivity (Wildman–Crippen MR) is 124 cm³/mol. The summed E-state index contributed by atoms with van der Waals surface area (Å²) in [6.07, 6.45) is 3.43. The van der Waals surface area contributed by atoms with E-state index in [9.17, 15) is 4.79 Å². The van der Waals surface area contributed by atoms with Crippen molar-refractivity contribution in [2.75, 3.05) is 39.3 Å². The van der Waals surface area contributed by atoms with Gasteiger partial charge in [-0.05, 0) is 57.0 Å². The number of aliphatic imine (C=N–C) groups is 1. The van der Waals surface area contributed by atoms with Crippen molar-refractivity contribution in [3.8, 4) is 0 Å². The van der Waals surface area contributed by atoms with Gasteiger partial charge in [-0.25, -0.2) is 0 Å². The Hall–Kier alpha value is -1.79. The van der Waals surface area contributed by atoms with E-state index >= 15 is 0 Å². The minimum Gasteiger partial charge on any atom is -0.357 e. The molecule has 7 heteroatoms. The van der Waals surface area contributed by atoms with E-state index in [4.69, 9.17) is 16.6 Å². The average Bonchev–Trinajstić information content (AvgIpc) is 3.40. The van der Waals surface area contributed by atoms with Crippen LogP contribution in [0.3, 0.4) is 0 Å². The third-order valence-electron chi connectivity index (χ3n) is 5.92. The fourth-order valence-electron chi connectivity index (χ4n) is 4.33. The normalized spacial score (nSPS) is 21.3. The second-order valence-corrected chi connectivity index (χ2v) is 9.04. The summed E-state index contributed by atoms with van der Waals surface area (Å²) in [5, 5.41) is 7.70. The minimum atomic E-state index is 0.0459. The molecule has 2 fully saturated rings. The van der Waals surface area contributed by atoms with Crippen LogP contribution in [-0.4, -0.2) is 67.0 Å². The molecule has 2 aliphatic heterocycles. The number of nitrogens with one attached hydrogen (secondary N) is 2. The first-order valence-corrected chi connectivity index (χ1v) is 11.7. The Morgan fingerprint density at radius 1 is 1.27 bits per heavy atom. The van der Waals surface area contributed by atoms with E-state index in [1.54, 1.807) is 0 Å². The highest BCUT2D eigenvalue weighted by atomic mass is 35.5. The molecule has 2 aliphatic rings. The number of carbonyl (C=O) groups excluding carboxylic acids is 1. The number of hydrogen-bond acceptors (Lipinski definition) is 3. The van der Waals surface area contributed by atoms with Gasteiger partial charge in [-0.15, -0.1) is 0 Å². The molecule has 0 radical (unpaired) electrons. The highest BCUT2D eigenvalue weighted by Crippen LogP contribution is 2.27. The molecule has 3 rings (SSSR count). The number of benzene rings is 1. The molecule has 1 aromatic rings. The van der Waals surface area contributed by atoms with Crippen molar-refractivity contribution in [2.45, 2.75) is 52.1 Å². The van der Waals surface area contributed by atoms with Gasteiger partial charge in [-0.3, -0.25) is 14.7 Å². The Kier molecular flexibility index (Phi) is 8.40. The molecule has 0 aromatic heterocycles. The van der Waals surface area contributed by atoms with Crippen molar-refractivity contribution in [3.63, 3.8) is 0 Å². The van der Waals surface area contributed by atoms with E-state index in [0.717, 1.165) is 50.1 Å². The van der Waals surface area contributed by atoms with Crippen LogP contribution in [0, 0.1) is 5.92 Å². The van der Waals surface area contributed by atoms with Gasteiger partial charge < -0.3 is 15.5 Å². The molecule has 6 nitrogen and oxygen atoms in total. The first-order valence-electron chi connectivity index (χ1n) is 11.3. The molecule has 2 N–H and O–H groups in total. The molecular formula is C23H36ClN5O. The largest absolute Gasteiger partial charge is 0.357 e. The summed E-state index contributed by atoms with van der Waals surface area (Å²) in [5.41, 5.74) is 1.22. The molecule has 2 saturated heterocycles. The van der Waals surface area contributed by atoms with E-state index < -0.39 is 0 Å².